The van der Waals surface area contributed by atoms with Crippen LogP contribution >= 0.6 is 0 Å². The predicted molar refractivity (Wildman–Crippen MR) is 346 cm³/mol. The Morgan fingerprint density at radius 3 is 0.902 bits per heavy atom. The summed E-state index contributed by atoms with van der Waals surface area (Å²) in [5, 5.41) is 33.5. The first-order chi connectivity index (χ1) is 40.4. The van der Waals surface area contributed by atoms with Crippen molar-refractivity contribution >= 4 is 28.1 Å². The second kappa shape index (κ2) is 34.6. The average molecular weight is 1090 g/mol. The summed E-state index contributed by atoms with van der Waals surface area (Å²) in [4.78, 5) is 0. The van der Waals surface area contributed by atoms with E-state index in [0.717, 1.165) is 68.6 Å². The van der Waals surface area contributed by atoms with E-state index in [1.807, 2.05) is 12.1 Å². The highest BCUT2D eigenvalue weighted by molar-refractivity contribution is 5.85. The maximum absolute atomic E-state index is 8.99. The van der Waals surface area contributed by atoms with E-state index in [1.54, 1.807) is 0 Å². The number of anilines is 2. The third kappa shape index (κ3) is 19.1. The SMILES string of the molecule is CCC(Cc1ccccc1)=C(c1ccccc1)c1ccc(NCCCO)cc1.CCC(Cc1ccccc1)=C(c1ccccc1)c1ccc(NCCO)cc1.CCC(Cc1ccccc1)=C(c1ccccc1)c1ccc(OCCO)cc1. The molecule has 0 saturated carbocycles. The van der Waals surface area contributed by atoms with Gasteiger partial charge in [-0.25, -0.2) is 0 Å². The van der Waals surface area contributed by atoms with Crippen molar-refractivity contribution in [1.29, 1.82) is 0 Å². The molecule has 5 N–H and O–H groups in total. The van der Waals surface area contributed by atoms with E-state index in [0.29, 0.717) is 13.2 Å². The fraction of sp³-hybridized carbons (Fsp3) is 0.211. The molecule has 0 heterocycles. The Labute approximate surface area is 488 Å². The number of aliphatic hydroxyl groups excluding tert-OH is 3. The van der Waals surface area contributed by atoms with Gasteiger partial charge in [0.15, 0.2) is 0 Å². The molecule has 0 unspecified atom stereocenters. The molecule has 0 aromatic heterocycles. The summed E-state index contributed by atoms with van der Waals surface area (Å²) < 4.78 is 5.51. The highest BCUT2D eigenvalue weighted by Gasteiger charge is 2.15. The monoisotopic (exact) mass is 1090 g/mol. The van der Waals surface area contributed by atoms with E-state index in [1.165, 1.54) is 83.5 Å². The average Bonchev–Trinajstić information content (AvgIpc) is 3.68. The standard InChI is InChI=1S/C26H29NO.C25H27NO.C25H26O2/c1-2-22(20-21-10-5-3-6-11-21)26(23-12-7-4-8-13-23)24-14-16-25(17-15-24)27-18-9-19-28;1-2-21(19-20-9-5-3-6-10-20)25(22-11-7-4-8-12-22)23-13-15-24(16-14-23)26-17-18-27;1-2-21(19-20-9-5-3-6-10-20)25(22-11-7-4-8-12-22)23-13-15-24(16-14-23)27-18-17-26/h3-8,10-17,27-28H,2,9,18-20H2,1H3;3-16,26-27H,2,17-19H2,1H3;3-16,26H,2,17-19H2,1H3. The van der Waals surface area contributed by atoms with Gasteiger partial charge in [-0.3, -0.25) is 0 Å². The van der Waals surface area contributed by atoms with Crippen molar-refractivity contribution in [3.05, 3.63) is 322 Å². The molecule has 0 amide bonds. The van der Waals surface area contributed by atoms with Gasteiger partial charge in [0.1, 0.15) is 12.4 Å². The highest BCUT2D eigenvalue weighted by atomic mass is 16.5. The van der Waals surface area contributed by atoms with Gasteiger partial charge in [-0.2, -0.15) is 0 Å². The molecule has 0 aliphatic rings. The zero-order valence-electron chi connectivity index (χ0n) is 48.2. The molecule has 0 bridgehead atoms. The quantitative estimate of drug-likeness (QED) is 0.0366. The molecule has 0 atom stereocenters. The number of aliphatic hydroxyl groups is 3. The predicted octanol–water partition coefficient (Wildman–Crippen LogP) is 17.0. The largest absolute Gasteiger partial charge is 0.491 e. The molecule has 0 aliphatic heterocycles. The van der Waals surface area contributed by atoms with Crippen LogP contribution in [0.25, 0.3) is 16.7 Å². The van der Waals surface area contributed by atoms with Gasteiger partial charge in [0, 0.05) is 31.1 Å². The molecular formula is C76H82N2O4. The third-order valence-corrected chi connectivity index (χ3v) is 14.3. The minimum absolute atomic E-state index is 0.0218. The molecule has 82 heavy (non-hydrogen) atoms. The lowest BCUT2D eigenvalue weighted by atomic mass is 9.88. The molecule has 0 spiro atoms. The van der Waals surface area contributed by atoms with Crippen LogP contribution in [0, 0.1) is 0 Å². The summed E-state index contributed by atoms with van der Waals surface area (Å²) in [7, 11) is 0. The van der Waals surface area contributed by atoms with Crippen LogP contribution < -0.4 is 15.4 Å². The van der Waals surface area contributed by atoms with Crippen LogP contribution in [0.4, 0.5) is 11.4 Å². The van der Waals surface area contributed by atoms with Crippen LogP contribution in [0.15, 0.2) is 272 Å². The van der Waals surface area contributed by atoms with Gasteiger partial charge in [-0.15, -0.1) is 0 Å². The lowest BCUT2D eigenvalue weighted by Gasteiger charge is -2.17. The van der Waals surface area contributed by atoms with Crippen molar-refractivity contribution in [2.24, 2.45) is 0 Å². The summed E-state index contributed by atoms with van der Waals surface area (Å²) in [6.45, 7) is 8.73. The van der Waals surface area contributed by atoms with Gasteiger partial charge < -0.3 is 30.7 Å². The van der Waals surface area contributed by atoms with Gasteiger partial charge in [0.05, 0.1) is 13.2 Å². The van der Waals surface area contributed by atoms with E-state index >= 15 is 0 Å². The number of benzene rings is 9. The second-order valence-corrected chi connectivity index (χ2v) is 20.0. The maximum Gasteiger partial charge on any atom is 0.119 e. The maximum atomic E-state index is 8.99. The van der Waals surface area contributed by atoms with Crippen LogP contribution in [0.2, 0.25) is 0 Å². The van der Waals surface area contributed by atoms with Crippen molar-refractivity contribution in [2.45, 2.75) is 65.7 Å². The smallest absolute Gasteiger partial charge is 0.119 e. The fourth-order valence-electron chi connectivity index (χ4n) is 10.1. The zero-order chi connectivity index (χ0) is 57.4. The molecule has 0 fully saturated rings. The fourth-order valence-corrected chi connectivity index (χ4v) is 10.1. The van der Waals surface area contributed by atoms with Crippen molar-refractivity contribution in [2.75, 3.05) is 50.2 Å². The van der Waals surface area contributed by atoms with Crippen molar-refractivity contribution in [3.63, 3.8) is 0 Å². The van der Waals surface area contributed by atoms with Crippen molar-refractivity contribution < 1.29 is 20.1 Å². The van der Waals surface area contributed by atoms with Crippen LogP contribution in [-0.2, 0) is 19.3 Å². The molecule has 9 aromatic rings. The Kier molecular flexibility index (Phi) is 25.8. The van der Waals surface area contributed by atoms with Crippen molar-refractivity contribution in [3.8, 4) is 5.75 Å². The Hall–Kier alpha value is -8.52. The van der Waals surface area contributed by atoms with Crippen LogP contribution in [0.5, 0.6) is 5.75 Å². The number of hydrogen-bond acceptors (Lipinski definition) is 6. The molecule has 0 saturated heterocycles. The van der Waals surface area contributed by atoms with Crippen molar-refractivity contribution in [1.82, 2.24) is 0 Å². The Balaban J connectivity index is 0.000000177. The van der Waals surface area contributed by atoms with E-state index in [9.17, 15) is 0 Å². The molecule has 9 aromatic carbocycles. The Bertz CT molecular complexity index is 3140. The number of allylic oxidation sites excluding steroid dienone is 3. The molecule has 6 nitrogen and oxygen atoms in total. The minimum Gasteiger partial charge on any atom is -0.491 e. The molecule has 0 aliphatic carbocycles. The third-order valence-electron chi connectivity index (χ3n) is 14.3. The van der Waals surface area contributed by atoms with Gasteiger partial charge in [-0.05, 0) is 148 Å². The van der Waals surface area contributed by atoms with E-state index in [2.05, 4.69) is 274 Å². The second-order valence-electron chi connectivity index (χ2n) is 20.0. The molecule has 420 valence electrons. The van der Waals surface area contributed by atoms with Crippen LogP contribution in [0.3, 0.4) is 0 Å². The highest BCUT2D eigenvalue weighted by Crippen LogP contribution is 2.34. The number of hydrogen-bond donors (Lipinski definition) is 5. The Morgan fingerprint density at radius 1 is 0.317 bits per heavy atom. The van der Waals surface area contributed by atoms with Crippen LogP contribution in [-0.4, -0.2) is 54.8 Å². The summed E-state index contributed by atoms with van der Waals surface area (Å²) in [5.74, 6) is 0.779. The van der Waals surface area contributed by atoms with E-state index in [-0.39, 0.29) is 19.8 Å². The topological polar surface area (TPSA) is 94.0 Å². The summed E-state index contributed by atoms with van der Waals surface area (Å²) in [6, 6.07) is 89.2. The Morgan fingerprint density at radius 2 is 0.610 bits per heavy atom. The number of ether oxygens (including phenoxy) is 1. The zero-order valence-corrected chi connectivity index (χ0v) is 48.2. The first-order valence-electron chi connectivity index (χ1n) is 29.1. The molecular weight excluding hydrogens is 1000 g/mol. The number of rotatable bonds is 25. The van der Waals surface area contributed by atoms with Gasteiger partial charge >= 0.3 is 0 Å². The van der Waals surface area contributed by atoms with E-state index < -0.39 is 0 Å². The molecule has 6 heteroatoms. The van der Waals surface area contributed by atoms with Gasteiger partial charge in [0.2, 0.25) is 0 Å². The van der Waals surface area contributed by atoms with E-state index in [4.69, 9.17) is 20.1 Å². The summed E-state index contributed by atoms with van der Waals surface area (Å²) >= 11 is 0. The van der Waals surface area contributed by atoms with Crippen LogP contribution in [0.1, 0.15) is 96.5 Å². The molecule has 9 rings (SSSR count). The normalized spacial score (nSPS) is 11.8. The first kappa shape index (κ1) is 61.1. The summed E-state index contributed by atoms with van der Waals surface area (Å²) in [6.07, 6.45) is 6.60. The lowest BCUT2D eigenvalue weighted by Crippen LogP contribution is -2.05. The minimum atomic E-state index is 0.0218. The van der Waals surface area contributed by atoms with Gasteiger partial charge in [0.25, 0.3) is 0 Å². The van der Waals surface area contributed by atoms with Gasteiger partial charge in [-0.1, -0.05) is 256 Å². The molecule has 0 radical (unpaired) electrons. The lowest BCUT2D eigenvalue weighted by molar-refractivity contribution is 0.201. The summed E-state index contributed by atoms with van der Waals surface area (Å²) in [5.41, 5.74) is 21.7. The number of nitrogens with one attached hydrogen (secondary N) is 2. The first-order valence-corrected chi connectivity index (χ1v) is 29.1.